The lowest BCUT2D eigenvalue weighted by molar-refractivity contribution is -0.161. The number of ether oxygens (including phenoxy) is 2. The first kappa shape index (κ1) is 25.8. The molecule has 0 spiro atoms. The van der Waals surface area contributed by atoms with Gasteiger partial charge in [0.15, 0.2) is 5.54 Å². The van der Waals surface area contributed by atoms with Crippen molar-refractivity contribution in [3.63, 3.8) is 0 Å². The molecule has 178 valence electrons. The molecule has 1 aliphatic rings. The lowest BCUT2D eigenvalue weighted by Gasteiger charge is -2.38. The molecular weight excluding hydrogens is 453 g/mol. The summed E-state index contributed by atoms with van der Waals surface area (Å²) in [5, 5.41) is 0. The highest BCUT2D eigenvalue weighted by atomic mass is 35.5. The van der Waals surface area contributed by atoms with E-state index in [1.165, 1.54) is 21.9 Å². The minimum Gasteiger partial charge on any atom is -0.467 e. The molecule has 7 nitrogen and oxygen atoms in total. The van der Waals surface area contributed by atoms with Gasteiger partial charge < -0.3 is 19.3 Å². The maximum Gasteiger partial charge on any atom is 0.416 e. The van der Waals surface area contributed by atoms with Crippen LogP contribution in [-0.2, 0) is 31.8 Å². The SMILES string of the molecule is COC(=O)[C@]1(N(Cc2ccc(C(F)(F)F)cc2)C(=O)CCl)CCN(C(=O)OC(C)(C)C)C1. The molecular formula is C21H26ClF3N2O5. The van der Waals surface area contributed by atoms with Crippen LogP contribution in [0.2, 0.25) is 0 Å². The molecule has 11 heteroatoms. The zero-order valence-electron chi connectivity index (χ0n) is 18.3. The van der Waals surface area contributed by atoms with Crippen LogP contribution < -0.4 is 0 Å². The highest BCUT2D eigenvalue weighted by molar-refractivity contribution is 6.27. The van der Waals surface area contributed by atoms with Crippen molar-refractivity contribution in [2.24, 2.45) is 0 Å². The number of nitrogens with zero attached hydrogens (tertiary/aromatic N) is 2. The molecule has 0 bridgehead atoms. The van der Waals surface area contributed by atoms with E-state index >= 15 is 0 Å². The van der Waals surface area contributed by atoms with Crippen LogP contribution >= 0.6 is 11.6 Å². The third kappa shape index (κ3) is 5.85. The minimum absolute atomic E-state index is 0.0577. The van der Waals surface area contributed by atoms with Crippen molar-refractivity contribution in [3.05, 3.63) is 35.4 Å². The van der Waals surface area contributed by atoms with Gasteiger partial charge in [-0.25, -0.2) is 9.59 Å². The van der Waals surface area contributed by atoms with Crippen LogP contribution in [0.5, 0.6) is 0 Å². The molecule has 0 saturated carbocycles. The summed E-state index contributed by atoms with van der Waals surface area (Å²) in [6.45, 7) is 4.81. The van der Waals surface area contributed by atoms with E-state index in [1.807, 2.05) is 0 Å². The van der Waals surface area contributed by atoms with Gasteiger partial charge in [-0.3, -0.25) is 4.79 Å². The zero-order chi connectivity index (χ0) is 24.3. The van der Waals surface area contributed by atoms with E-state index < -0.39 is 46.7 Å². The molecule has 1 atom stereocenters. The number of benzene rings is 1. The molecule has 0 aromatic heterocycles. The van der Waals surface area contributed by atoms with Gasteiger partial charge in [-0.2, -0.15) is 13.2 Å². The van der Waals surface area contributed by atoms with Crippen LogP contribution in [0, 0.1) is 0 Å². The summed E-state index contributed by atoms with van der Waals surface area (Å²) in [6.07, 6.45) is -5.10. The number of methoxy groups -OCH3 is 1. The number of carbonyl (C=O) groups is 3. The summed E-state index contributed by atoms with van der Waals surface area (Å²) in [6, 6.07) is 4.24. The van der Waals surface area contributed by atoms with Crippen LogP contribution in [0.4, 0.5) is 18.0 Å². The van der Waals surface area contributed by atoms with E-state index in [0.29, 0.717) is 5.56 Å². The fourth-order valence-corrected chi connectivity index (χ4v) is 3.64. The topological polar surface area (TPSA) is 76.2 Å². The second kappa shape index (κ2) is 9.56. The summed E-state index contributed by atoms with van der Waals surface area (Å²) in [4.78, 5) is 40.6. The molecule has 1 aliphatic heterocycles. The smallest absolute Gasteiger partial charge is 0.416 e. The van der Waals surface area contributed by atoms with E-state index in [0.717, 1.165) is 19.2 Å². The lowest BCUT2D eigenvalue weighted by Crippen LogP contribution is -2.59. The first-order chi connectivity index (χ1) is 14.7. The Balaban J connectivity index is 2.37. The maximum absolute atomic E-state index is 12.9. The Labute approximate surface area is 189 Å². The average molecular weight is 479 g/mol. The Bertz CT molecular complexity index is 854. The fourth-order valence-electron chi connectivity index (χ4n) is 3.50. The van der Waals surface area contributed by atoms with Crippen molar-refractivity contribution in [2.75, 3.05) is 26.1 Å². The molecule has 0 aliphatic carbocycles. The van der Waals surface area contributed by atoms with Crippen molar-refractivity contribution >= 4 is 29.6 Å². The van der Waals surface area contributed by atoms with Gasteiger partial charge in [0, 0.05) is 19.5 Å². The fraction of sp³-hybridized carbons (Fsp3) is 0.571. The van der Waals surface area contributed by atoms with Crippen molar-refractivity contribution < 1.29 is 37.0 Å². The predicted molar refractivity (Wildman–Crippen MR) is 110 cm³/mol. The van der Waals surface area contributed by atoms with Gasteiger partial charge in [-0.1, -0.05) is 12.1 Å². The van der Waals surface area contributed by atoms with Crippen LogP contribution in [0.1, 0.15) is 38.3 Å². The first-order valence-electron chi connectivity index (χ1n) is 9.82. The molecule has 2 rings (SSSR count). The molecule has 1 fully saturated rings. The molecule has 0 unspecified atom stereocenters. The van der Waals surface area contributed by atoms with Gasteiger partial charge in [0.05, 0.1) is 19.2 Å². The van der Waals surface area contributed by atoms with Gasteiger partial charge in [-0.15, -0.1) is 11.6 Å². The Morgan fingerprint density at radius 1 is 1.16 bits per heavy atom. The molecule has 0 radical (unpaired) electrons. The monoisotopic (exact) mass is 478 g/mol. The Hall–Kier alpha value is -2.49. The number of amides is 2. The highest BCUT2D eigenvalue weighted by Crippen LogP contribution is 2.34. The Kier molecular flexibility index (Phi) is 7.70. The van der Waals surface area contributed by atoms with Gasteiger partial charge in [-0.05, 0) is 38.5 Å². The molecule has 1 saturated heterocycles. The van der Waals surface area contributed by atoms with E-state index in [-0.39, 0.29) is 26.1 Å². The number of hydrogen-bond acceptors (Lipinski definition) is 5. The van der Waals surface area contributed by atoms with Crippen molar-refractivity contribution in [1.29, 1.82) is 0 Å². The number of halogens is 4. The number of alkyl halides is 4. The largest absolute Gasteiger partial charge is 0.467 e. The summed E-state index contributed by atoms with van der Waals surface area (Å²) in [5.74, 6) is -1.84. The minimum atomic E-state index is -4.50. The zero-order valence-corrected chi connectivity index (χ0v) is 19.0. The molecule has 0 N–H and O–H groups in total. The summed E-state index contributed by atoms with van der Waals surface area (Å²) >= 11 is 5.78. The summed E-state index contributed by atoms with van der Waals surface area (Å²) < 4.78 is 48.9. The molecule has 1 heterocycles. The standard InChI is InChI=1S/C21H26ClF3N2O5/c1-19(2,3)32-18(30)26-10-9-20(13-26,17(29)31-4)27(16(28)11-22)12-14-5-7-15(8-6-14)21(23,24)25/h5-8H,9-13H2,1-4H3/t20-/m0/s1. The number of carbonyl (C=O) groups excluding carboxylic acids is 3. The third-order valence-electron chi connectivity index (χ3n) is 5.02. The molecule has 2 amide bonds. The number of hydrogen-bond donors (Lipinski definition) is 0. The predicted octanol–water partition coefficient (Wildman–Crippen LogP) is 3.83. The van der Waals surface area contributed by atoms with E-state index in [4.69, 9.17) is 21.1 Å². The molecule has 1 aromatic rings. The first-order valence-corrected chi connectivity index (χ1v) is 10.4. The van der Waals surface area contributed by atoms with Gasteiger partial charge in [0.2, 0.25) is 5.91 Å². The van der Waals surface area contributed by atoms with Crippen LogP contribution in [0.15, 0.2) is 24.3 Å². The molecule has 32 heavy (non-hydrogen) atoms. The second-order valence-electron chi connectivity index (χ2n) is 8.48. The van der Waals surface area contributed by atoms with Crippen LogP contribution in [0.25, 0.3) is 0 Å². The van der Waals surface area contributed by atoms with Crippen LogP contribution in [-0.4, -0.2) is 65.0 Å². The van der Waals surface area contributed by atoms with E-state index in [2.05, 4.69) is 0 Å². The summed E-state index contributed by atoms with van der Waals surface area (Å²) in [5.41, 5.74) is -2.80. The second-order valence-corrected chi connectivity index (χ2v) is 8.75. The maximum atomic E-state index is 12.9. The summed E-state index contributed by atoms with van der Waals surface area (Å²) in [7, 11) is 1.15. The average Bonchev–Trinajstić information content (AvgIpc) is 3.16. The lowest BCUT2D eigenvalue weighted by atomic mass is 9.94. The van der Waals surface area contributed by atoms with Gasteiger partial charge in [0.1, 0.15) is 11.5 Å². The van der Waals surface area contributed by atoms with Crippen LogP contribution in [0.3, 0.4) is 0 Å². The highest BCUT2D eigenvalue weighted by Gasteiger charge is 2.53. The third-order valence-corrected chi connectivity index (χ3v) is 5.25. The van der Waals surface area contributed by atoms with Crippen molar-refractivity contribution in [2.45, 2.75) is 51.1 Å². The number of rotatable bonds is 5. The normalized spacial score (nSPS) is 18.9. The van der Waals surface area contributed by atoms with E-state index in [9.17, 15) is 27.6 Å². The number of likely N-dealkylation sites (tertiary alicyclic amines) is 1. The van der Waals surface area contributed by atoms with E-state index in [1.54, 1.807) is 20.8 Å². The molecule has 1 aromatic carbocycles. The number of esters is 1. The van der Waals surface area contributed by atoms with Gasteiger partial charge >= 0.3 is 18.2 Å². The Morgan fingerprint density at radius 3 is 2.22 bits per heavy atom. The van der Waals surface area contributed by atoms with Crippen molar-refractivity contribution in [3.8, 4) is 0 Å². The van der Waals surface area contributed by atoms with Crippen molar-refractivity contribution in [1.82, 2.24) is 9.80 Å². The van der Waals surface area contributed by atoms with Gasteiger partial charge in [0.25, 0.3) is 0 Å². The quantitative estimate of drug-likeness (QED) is 0.475. The Morgan fingerprint density at radius 2 is 1.75 bits per heavy atom.